The van der Waals surface area contributed by atoms with Gasteiger partial charge in [-0.15, -0.1) is 0 Å². The third-order valence-electron chi connectivity index (χ3n) is 6.29. The summed E-state index contributed by atoms with van der Waals surface area (Å²) < 4.78 is 15.9. The number of benzene rings is 1. The first kappa shape index (κ1) is 40.2. The van der Waals surface area contributed by atoms with Crippen molar-refractivity contribution in [1.29, 1.82) is 0 Å². The van der Waals surface area contributed by atoms with Gasteiger partial charge in [-0.1, -0.05) is 69.4 Å². The molecule has 0 spiro atoms. The van der Waals surface area contributed by atoms with E-state index in [1.165, 1.54) is 6.42 Å². The molecule has 0 saturated carbocycles. The predicted octanol–water partition coefficient (Wildman–Crippen LogP) is 6.72. The van der Waals surface area contributed by atoms with E-state index in [2.05, 4.69) is 33.2 Å². The molecule has 0 bridgehead atoms. The monoisotopic (exact) mass is 647 g/mol. The zero-order valence-corrected chi connectivity index (χ0v) is 29.0. The highest BCUT2D eigenvalue weighted by molar-refractivity contribution is 6.01. The minimum atomic E-state index is -0.747. The molecule has 0 saturated heterocycles. The normalized spacial score (nSPS) is 11.9. The molecule has 0 fully saturated rings. The molecule has 1 atom stereocenters. The van der Waals surface area contributed by atoms with Gasteiger partial charge in [-0.05, 0) is 72.8 Å². The van der Waals surface area contributed by atoms with Gasteiger partial charge in [-0.2, -0.15) is 0 Å². The zero-order chi connectivity index (χ0) is 34.4. The van der Waals surface area contributed by atoms with Gasteiger partial charge < -0.3 is 24.8 Å². The van der Waals surface area contributed by atoms with Crippen LogP contribution in [-0.2, 0) is 25.6 Å². The van der Waals surface area contributed by atoms with Crippen molar-refractivity contribution in [3.8, 4) is 0 Å². The lowest BCUT2D eigenvalue weighted by molar-refractivity contribution is -0.121. The molecule has 0 aliphatic heterocycles. The van der Waals surface area contributed by atoms with Crippen molar-refractivity contribution in [2.45, 2.75) is 137 Å². The highest BCUT2D eigenvalue weighted by Gasteiger charge is 2.21. The summed E-state index contributed by atoms with van der Waals surface area (Å²) in [6.07, 6.45) is 6.40. The molecule has 1 rings (SSSR count). The second-order valence-corrected chi connectivity index (χ2v) is 13.2. The first-order valence-electron chi connectivity index (χ1n) is 16.4. The van der Waals surface area contributed by atoms with Crippen LogP contribution in [0.2, 0.25) is 0 Å². The van der Waals surface area contributed by atoms with E-state index in [1.807, 2.05) is 30.3 Å². The van der Waals surface area contributed by atoms with Crippen LogP contribution in [0.25, 0.3) is 0 Å². The molecule has 0 heterocycles. The minimum absolute atomic E-state index is 0.0627. The van der Waals surface area contributed by atoms with Crippen LogP contribution in [0.1, 0.15) is 118 Å². The Morgan fingerprint density at radius 2 is 1.35 bits per heavy atom. The predicted molar refractivity (Wildman–Crippen MR) is 179 cm³/mol. The lowest BCUT2D eigenvalue weighted by Crippen LogP contribution is -2.47. The van der Waals surface area contributed by atoms with Crippen molar-refractivity contribution >= 4 is 30.1 Å². The second kappa shape index (κ2) is 21.8. The Balaban J connectivity index is 2.52. The van der Waals surface area contributed by atoms with Crippen LogP contribution in [-0.4, -0.2) is 60.5 Å². The molecule has 4 amide bonds. The number of hydrogen-bond donors (Lipinski definition) is 4. The molecule has 260 valence electrons. The van der Waals surface area contributed by atoms with Gasteiger partial charge in [0.05, 0.1) is 0 Å². The van der Waals surface area contributed by atoms with Crippen LogP contribution >= 0.6 is 0 Å². The van der Waals surface area contributed by atoms with Gasteiger partial charge in [-0.25, -0.2) is 14.4 Å². The van der Waals surface area contributed by atoms with Gasteiger partial charge in [-0.3, -0.25) is 20.4 Å². The lowest BCUT2D eigenvalue weighted by atomic mass is 10.0. The van der Waals surface area contributed by atoms with E-state index in [0.717, 1.165) is 37.7 Å². The van der Waals surface area contributed by atoms with E-state index < -0.39 is 29.5 Å². The summed E-state index contributed by atoms with van der Waals surface area (Å²) in [6, 6.07) is 9.14. The Morgan fingerprint density at radius 1 is 0.761 bits per heavy atom. The molecule has 46 heavy (non-hydrogen) atoms. The second-order valence-electron chi connectivity index (χ2n) is 13.2. The van der Waals surface area contributed by atoms with Crippen molar-refractivity contribution < 1.29 is 33.4 Å². The van der Waals surface area contributed by atoms with Crippen molar-refractivity contribution in [3.63, 3.8) is 0 Å². The van der Waals surface area contributed by atoms with Crippen LogP contribution in [0, 0.1) is 0 Å². The van der Waals surface area contributed by atoms with E-state index in [9.17, 15) is 19.2 Å². The van der Waals surface area contributed by atoms with Gasteiger partial charge in [0.15, 0.2) is 0 Å². The molecule has 0 radical (unpaired) electrons. The fourth-order valence-electron chi connectivity index (χ4n) is 4.19. The number of nitrogens with one attached hydrogen (secondary N) is 4. The Bertz CT molecular complexity index is 1050. The van der Waals surface area contributed by atoms with Gasteiger partial charge in [0, 0.05) is 25.6 Å². The maximum atomic E-state index is 12.7. The van der Waals surface area contributed by atoms with Crippen molar-refractivity contribution in [1.82, 2.24) is 21.3 Å². The van der Waals surface area contributed by atoms with E-state index in [0.29, 0.717) is 32.4 Å². The summed E-state index contributed by atoms with van der Waals surface area (Å²) in [5.74, 6) is -0.197. The van der Waals surface area contributed by atoms with Crippen LogP contribution < -0.4 is 21.3 Å². The van der Waals surface area contributed by atoms with Gasteiger partial charge >= 0.3 is 18.3 Å². The maximum absolute atomic E-state index is 12.7. The van der Waals surface area contributed by atoms with Crippen molar-refractivity contribution in [2.75, 3.05) is 13.1 Å². The quantitative estimate of drug-likeness (QED) is 0.0632. The summed E-state index contributed by atoms with van der Waals surface area (Å²) in [5.41, 5.74) is -0.545. The maximum Gasteiger partial charge on any atom is 0.414 e. The Labute approximate surface area is 275 Å². The smallest absolute Gasteiger partial charge is 0.414 e. The number of rotatable bonds is 17. The number of unbranched alkanes of at least 4 members (excludes halogenated alkanes) is 6. The first-order valence-corrected chi connectivity index (χ1v) is 16.4. The van der Waals surface area contributed by atoms with Gasteiger partial charge in [0.25, 0.3) is 0 Å². The molecule has 4 N–H and O–H groups in total. The summed E-state index contributed by atoms with van der Waals surface area (Å²) in [6.45, 7) is 13.5. The number of alkyl carbamates (subject to hydrolysis) is 3. The standard InChI is InChI=1S/C34H57N5O7/c1-8-9-10-11-16-21-27(37-30(41)44-25-26-19-14-12-15-20-26)24-28(40)35-22-17-13-18-23-36-29(38-31(42)45-33(2,3)4)39-32(43)46-34(5,6)7/h12,14-15,19-20,27H,8-11,13,16-18,21-25H2,1-7H3,(H,35,40)(H,37,41)(H2,36,38,39,42,43)/t27-/m0/s1. The molecule has 0 aliphatic carbocycles. The zero-order valence-electron chi connectivity index (χ0n) is 29.0. The van der Waals surface area contributed by atoms with Crippen LogP contribution in [0.5, 0.6) is 0 Å². The van der Waals surface area contributed by atoms with E-state index in [1.54, 1.807) is 41.5 Å². The summed E-state index contributed by atoms with van der Waals surface area (Å²) in [7, 11) is 0. The Kier molecular flexibility index (Phi) is 19.1. The summed E-state index contributed by atoms with van der Waals surface area (Å²) in [5, 5.41) is 10.7. The average molecular weight is 648 g/mol. The summed E-state index contributed by atoms with van der Waals surface area (Å²) >= 11 is 0. The molecular formula is C34H57N5O7. The fraction of sp³-hybridized carbons (Fsp3) is 0.676. The summed E-state index contributed by atoms with van der Waals surface area (Å²) in [4.78, 5) is 53.9. The van der Waals surface area contributed by atoms with E-state index >= 15 is 0 Å². The molecule has 12 nitrogen and oxygen atoms in total. The lowest BCUT2D eigenvalue weighted by Gasteiger charge is -2.22. The molecule has 0 unspecified atom stereocenters. The van der Waals surface area contributed by atoms with Crippen molar-refractivity contribution in [3.05, 3.63) is 35.9 Å². The highest BCUT2D eigenvalue weighted by atomic mass is 16.6. The number of carbonyl (C=O) groups excluding carboxylic acids is 4. The number of aliphatic imine (C=N–C) groups is 1. The molecule has 12 heteroatoms. The number of nitrogens with zero attached hydrogens (tertiary/aromatic N) is 1. The number of amides is 4. The molecular weight excluding hydrogens is 590 g/mol. The van der Waals surface area contributed by atoms with Gasteiger partial charge in [0.2, 0.25) is 11.9 Å². The minimum Gasteiger partial charge on any atom is -0.445 e. The average Bonchev–Trinajstić information content (AvgIpc) is 2.93. The molecule has 1 aromatic carbocycles. The molecule has 0 aromatic heterocycles. The number of guanidine groups is 1. The van der Waals surface area contributed by atoms with Crippen LogP contribution in [0.3, 0.4) is 0 Å². The number of carbonyl (C=O) groups is 4. The fourth-order valence-corrected chi connectivity index (χ4v) is 4.19. The van der Waals surface area contributed by atoms with Crippen molar-refractivity contribution in [2.24, 2.45) is 4.99 Å². The highest BCUT2D eigenvalue weighted by Crippen LogP contribution is 2.11. The van der Waals surface area contributed by atoms with E-state index in [4.69, 9.17) is 14.2 Å². The first-order chi connectivity index (χ1) is 21.7. The molecule has 0 aliphatic rings. The topological polar surface area (TPSA) is 156 Å². The number of hydrogen-bond acceptors (Lipinski definition) is 8. The Morgan fingerprint density at radius 3 is 1.93 bits per heavy atom. The third kappa shape index (κ3) is 22.6. The van der Waals surface area contributed by atoms with Crippen LogP contribution in [0.15, 0.2) is 35.3 Å². The SMILES string of the molecule is CCCCCCC[C@@H](CC(=O)NCCCCCN=C(NC(=O)OC(C)(C)C)NC(=O)OC(C)(C)C)NC(=O)OCc1ccccc1. The molecule has 1 aromatic rings. The third-order valence-corrected chi connectivity index (χ3v) is 6.29. The largest absolute Gasteiger partial charge is 0.445 e. The Hall–Kier alpha value is -3.83. The van der Waals surface area contributed by atoms with Gasteiger partial charge in [0.1, 0.15) is 17.8 Å². The number of ether oxygens (including phenoxy) is 3. The van der Waals surface area contributed by atoms with Crippen LogP contribution in [0.4, 0.5) is 14.4 Å². The van der Waals surface area contributed by atoms with E-state index in [-0.39, 0.29) is 30.9 Å².